The van der Waals surface area contributed by atoms with E-state index in [1.165, 1.54) is 12.1 Å². The van der Waals surface area contributed by atoms with Crippen LogP contribution in [0.4, 0.5) is 4.39 Å². The van der Waals surface area contributed by atoms with Crippen LogP contribution in [0.3, 0.4) is 0 Å². The molecule has 1 aliphatic rings. The van der Waals surface area contributed by atoms with Gasteiger partial charge in [-0.3, -0.25) is 14.5 Å². The molecule has 0 aliphatic carbocycles. The van der Waals surface area contributed by atoms with Crippen molar-refractivity contribution < 1.29 is 23.5 Å². The highest BCUT2D eigenvalue weighted by molar-refractivity contribution is 7.10. The molecule has 0 spiro atoms. The molecule has 2 heterocycles. The van der Waals surface area contributed by atoms with E-state index in [1.807, 2.05) is 18.4 Å². The van der Waals surface area contributed by atoms with Crippen LogP contribution in [0.25, 0.3) is 0 Å². The third kappa shape index (κ3) is 9.03. The highest BCUT2D eigenvalue weighted by Crippen LogP contribution is 2.20. The van der Waals surface area contributed by atoms with Gasteiger partial charge in [-0.1, -0.05) is 23.7 Å². The Morgan fingerprint density at radius 2 is 1.72 bits per heavy atom. The van der Waals surface area contributed by atoms with Gasteiger partial charge in [-0.05, 0) is 65.9 Å². The maximum Gasteiger partial charge on any atom is 0.261 e. The molecule has 1 saturated heterocycles. The lowest BCUT2D eigenvalue weighted by molar-refractivity contribution is -0.142. The van der Waals surface area contributed by atoms with E-state index in [2.05, 4.69) is 4.90 Å². The Morgan fingerprint density at radius 3 is 2.38 bits per heavy atom. The van der Waals surface area contributed by atoms with Crippen LogP contribution in [-0.4, -0.2) is 79.1 Å². The van der Waals surface area contributed by atoms with Gasteiger partial charge in [0.25, 0.3) is 5.91 Å². The molecule has 0 saturated carbocycles. The van der Waals surface area contributed by atoms with Crippen LogP contribution in [0.2, 0.25) is 5.02 Å². The van der Waals surface area contributed by atoms with Crippen molar-refractivity contribution in [3.05, 3.63) is 86.8 Å². The lowest BCUT2D eigenvalue weighted by Crippen LogP contribution is -2.48. The zero-order valence-corrected chi connectivity index (χ0v) is 23.6. The predicted octanol–water partition coefficient (Wildman–Crippen LogP) is 4.62. The molecule has 1 fully saturated rings. The number of nitrogens with zero attached hydrogens (tertiary/aromatic N) is 3. The van der Waals surface area contributed by atoms with Gasteiger partial charge < -0.3 is 19.3 Å². The van der Waals surface area contributed by atoms with E-state index in [4.69, 9.17) is 21.1 Å². The second-order valence-electron chi connectivity index (χ2n) is 9.41. The first-order valence-corrected chi connectivity index (χ1v) is 14.1. The SMILES string of the molecule is Cc1ccsc1CN(Cc1ccc(F)cc1)C(=O)CN(CCN1CCOCC1)C(=O)COc1ccc(Cl)cc1. The third-order valence-electron chi connectivity index (χ3n) is 6.59. The fourth-order valence-corrected chi connectivity index (χ4v) is 5.24. The van der Waals surface area contributed by atoms with Crippen molar-refractivity contribution in [1.29, 1.82) is 0 Å². The van der Waals surface area contributed by atoms with Crippen molar-refractivity contribution in [3.8, 4) is 5.75 Å². The largest absolute Gasteiger partial charge is 0.484 e. The van der Waals surface area contributed by atoms with Crippen molar-refractivity contribution in [2.45, 2.75) is 20.0 Å². The molecular weight excluding hydrogens is 541 g/mol. The number of carbonyl (C=O) groups excluding carboxylic acids is 2. The van der Waals surface area contributed by atoms with E-state index >= 15 is 0 Å². The summed E-state index contributed by atoms with van der Waals surface area (Å²) in [6, 6.07) is 15.0. The molecule has 0 bridgehead atoms. The van der Waals surface area contributed by atoms with E-state index in [-0.39, 0.29) is 30.8 Å². The number of morpholine rings is 1. The van der Waals surface area contributed by atoms with E-state index in [1.54, 1.807) is 57.5 Å². The zero-order valence-electron chi connectivity index (χ0n) is 22.0. The average Bonchev–Trinajstić information content (AvgIpc) is 3.35. The third-order valence-corrected chi connectivity index (χ3v) is 7.85. The second kappa shape index (κ2) is 14.4. The number of benzene rings is 2. The molecule has 2 aromatic carbocycles. The van der Waals surface area contributed by atoms with Gasteiger partial charge in [0.1, 0.15) is 11.6 Å². The summed E-state index contributed by atoms with van der Waals surface area (Å²) in [5.74, 6) is -0.265. The van der Waals surface area contributed by atoms with Gasteiger partial charge in [-0.25, -0.2) is 4.39 Å². The number of ether oxygens (including phenoxy) is 2. The van der Waals surface area contributed by atoms with E-state index < -0.39 is 0 Å². The number of halogens is 2. The first kappa shape index (κ1) is 29.0. The lowest BCUT2D eigenvalue weighted by Gasteiger charge is -2.31. The average molecular weight is 574 g/mol. The molecule has 0 atom stereocenters. The van der Waals surface area contributed by atoms with E-state index in [0.717, 1.165) is 29.1 Å². The molecule has 0 N–H and O–H groups in total. The minimum atomic E-state index is -0.328. The Balaban J connectivity index is 1.47. The minimum Gasteiger partial charge on any atom is -0.484 e. The van der Waals surface area contributed by atoms with Crippen LogP contribution in [0.15, 0.2) is 60.0 Å². The van der Waals surface area contributed by atoms with Gasteiger partial charge in [0, 0.05) is 42.6 Å². The molecule has 10 heteroatoms. The van der Waals surface area contributed by atoms with Crippen LogP contribution in [-0.2, 0) is 27.4 Å². The fourth-order valence-electron chi connectivity index (χ4n) is 4.19. The second-order valence-corrected chi connectivity index (χ2v) is 10.9. The molecule has 39 heavy (non-hydrogen) atoms. The van der Waals surface area contributed by atoms with Gasteiger partial charge >= 0.3 is 0 Å². The summed E-state index contributed by atoms with van der Waals surface area (Å²) in [4.78, 5) is 33.6. The Morgan fingerprint density at radius 1 is 1.00 bits per heavy atom. The summed E-state index contributed by atoms with van der Waals surface area (Å²) in [7, 11) is 0. The molecular formula is C29H33ClFN3O4S. The van der Waals surface area contributed by atoms with E-state index in [9.17, 15) is 14.0 Å². The van der Waals surface area contributed by atoms with Crippen LogP contribution in [0, 0.1) is 12.7 Å². The summed E-state index contributed by atoms with van der Waals surface area (Å²) < 4.78 is 24.6. The maximum atomic E-state index is 13.7. The van der Waals surface area contributed by atoms with Crippen LogP contribution < -0.4 is 4.74 Å². The molecule has 0 radical (unpaired) electrons. The highest BCUT2D eigenvalue weighted by atomic mass is 35.5. The molecule has 0 unspecified atom stereocenters. The Bertz CT molecular complexity index is 1220. The predicted molar refractivity (Wildman–Crippen MR) is 150 cm³/mol. The topological polar surface area (TPSA) is 62.3 Å². The molecule has 4 rings (SSSR count). The summed E-state index contributed by atoms with van der Waals surface area (Å²) >= 11 is 7.54. The summed E-state index contributed by atoms with van der Waals surface area (Å²) in [5.41, 5.74) is 1.92. The molecule has 2 amide bonds. The number of amides is 2. The number of hydrogen-bond acceptors (Lipinski definition) is 6. The summed E-state index contributed by atoms with van der Waals surface area (Å²) in [6.07, 6.45) is 0. The normalized spacial score (nSPS) is 13.7. The van der Waals surface area contributed by atoms with Crippen LogP contribution in [0.5, 0.6) is 5.75 Å². The number of carbonyl (C=O) groups is 2. The molecule has 208 valence electrons. The molecule has 1 aromatic heterocycles. The zero-order chi connectivity index (χ0) is 27.6. The standard InChI is InChI=1S/C29H33ClFN3O4S/c1-22-10-17-39-27(22)19-34(18-23-2-6-25(31)7-3-23)28(35)20-33(12-11-32-13-15-37-16-14-32)29(36)21-38-26-8-4-24(30)5-9-26/h2-10,17H,11-16,18-21H2,1H3. The first-order valence-electron chi connectivity index (χ1n) is 12.9. The van der Waals surface area contributed by atoms with E-state index in [0.29, 0.717) is 50.2 Å². The fraction of sp³-hybridized carbons (Fsp3) is 0.379. The Hall–Kier alpha value is -2.98. The van der Waals surface area contributed by atoms with Crippen molar-refractivity contribution in [1.82, 2.24) is 14.7 Å². The van der Waals surface area contributed by atoms with Crippen LogP contribution in [0.1, 0.15) is 16.0 Å². The number of rotatable bonds is 12. The summed E-state index contributed by atoms with van der Waals surface area (Å²) in [5, 5.41) is 2.57. The van der Waals surface area contributed by atoms with Crippen LogP contribution >= 0.6 is 22.9 Å². The smallest absolute Gasteiger partial charge is 0.261 e. The molecule has 1 aliphatic heterocycles. The van der Waals surface area contributed by atoms with Gasteiger partial charge in [-0.15, -0.1) is 11.3 Å². The minimum absolute atomic E-state index is 0.0846. The van der Waals surface area contributed by atoms with Crippen molar-refractivity contribution in [3.63, 3.8) is 0 Å². The Kier molecular flexibility index (Phi) is 10.7. The number of aryl methyl sites for hydroxylation is 1. The monoisotopic (exact) mass is 573 g/mol. The highest BCUT2D eigenvalue weighted by Gasteiger charge is 2.24. The number of hydrogen-bond donors (Lipinski definition) is 0. The van der Waals surface area contributed by atoms with Gasteiger partial charge in [-0.2, -0.15) is 0 Å². The quantitative estimate of drug-likeness (QED) is 0.316. The Labute approximate surface area is 237 Å². The van der Waals surface area contributed by atoms with Crippen molar-refractivity contribution in [2.24, 2.45) is 0 Å². The van der Waals surface area contributed by atoms with Gasteiger partial charge in [0.15, 0.2) is 6.61 Å². The maximum absolute atomic E-state index is 13.7. The molecule has 7 nitrogen and oxygen atoms in total. The summed E-state index contributed by atoms with van der Waals surface area (Å²) in [6.45, 7) is 6.34. The van der Waals surface area contributed by atoms with Crippen molar-refractivity contribution >= 4 is 34.8 Å². The number of thiophene rings is 1. The lowest BCUT2D eigenvalue weighted by atomic mass is 10.2. The molecule has 3 aromatic rings. The van der Waals surface area contributed by atoms with Crippen molar-refractivity contribution in [2.75, 3.05) is 52.5 Å². The first-order chi connectivity index (χ1) is 18.9. The van der Waals surface area contributed by atoms with Gasteiger partial charge in [0.05, 0.1) is 26.3 Å². The van der Waals surface area contributed by atoms with Gasteiger partial charge in [0.2, 0.25) is 5.91 Å².